The van der Waals surface area contributed by atoms with Gasteiger partial charge >= 0.3 is 0 Å². The molecule has 0 aromatic rings. The van der Waals surface area contributed by atoms with E-state index in [9.17, 15) is 9.90 Å². The highest BCUT2D eigenvalue weighted by Crippen LogP contribution is 2.35. The summed E-state index contributed by atoms with van der Waals surface area (Å²) in [5.74, 6) is -0.231. The molecule has 0 aliphatic carbocycles. The van der Waals surface area contributed by atoms with Crippen LogP contribution in [-0.2, 0) is 4.79 Å². The molecule has 11 heavy (non-hydrogen) atoms. The van der Waals surface area contributed by atoms with E-state index in [0.29, 0.717) is 13.0 Å². The van der Waals surface area contributed by atoms with Crippen molar-refractivity contribution in [3.8, 4) is 0 Å². The summed E-state index contributed by atoms with van der Waals surface area (Å²) in [4.78, 5) is 11.2. The van der Waals surface area contributed by atoms with Crippen LogP contribution in [0.5, 0.6) is 0 Å². The molecule has 1 rings (SSSR count). The maximum atomic E-state index is 11.2. The molecular weight excluding hydrogens is 142 g/mol. The second kappa shape index (κ2) is 2.21. The Hall–Kier alpha value is -0.570. The van der Waals surface area contributed by atoms with Crippen molar-refractivity contribution < 1.29 is 9.90 Å². The molecule has 2 N–H and O–H groups in total. The van der Waals surface area contributed by atoms with E-state index in [1.807, 2.05) is 20.8 Å². The lowest BCUT2D eigenvalue weighted by molar-refractivity contribution is -0.145. The Morgan fingerprint density at radius 1 is 1.55 bits per heavy atom. The molecule has 0 radical (unpaired) electrons. The fourth-order valence-corrected chi connectivity index (χ4v) is 1.33. The van der Waals surface area contributed by atoms with Crippen LogP contribution in [0, 0.1) is 5.41 Å². The molecular formula is C8H15NO2. The van der Waals surface area contributed by atoms with Gasteiger partial charge in [-0.05, 0) is 5.41 Å². The topological polar surface area (TPSA) is 49.3 Å². The van der Waals surface area contributed by atoms with Crippen LogP contribution in [0.4, 0.5) is 0 Å². The minimum Gasteiger partial charge on any atom is -0.379 e. The van der Waals surface area contributed by atoms with Crippen LogP contribution < -0.4 is 5.32 Å². The molecule has 0 aromatic carbocycles. The number of carbonyl (C=O) groups excluding carboxylic acids is 1. The zero-order valence-electron chi connectivity index (χ0n) is 7.27. The smallest absolute Gasteiger partial charge is 0.252 e. The summed E-state index contributed by atoms with van der Waals surface area (Å²) in [6, 6.07) is 0. The zero-order valence-corrected chi connectivity index (χ0v) is 7.27. The molecule has 1 saturated heterocycles. The SMILES string of the molecule is CC(C)(C)[C@@]1(O)CCNC1=O. The number of carbonyl (C=O) groups is 1. The van der Waals surface area contributed by atoms with Gasteiger partial charge in [-0.1, -0.05) is 20.8 Å². The predicted molar refractivity (Wildman–Crippen MR) is 42.0 cm³/mol. The molecule has 1 heterocycles. The van der Waals surface area contributed by atoms with Crippen molar-refractivity contribution in [3.05, 3.63) is 0 Å². The maximum absolute atomic E-state index is 11.2. The van der Waals surface area contributed by atoms with Gasteiger partial charge in [0.05, 0.1) is 0 Å². The minimum atomic E-state index is -1.16. The number of aliphatic hydroxyl groups is 1. The van der Waals surface area contributed by atoms with Crippen LogP contribution in [0.25, 0.3) is 0 Å². The largest absolute Gasteiger partial charge is 0.379 e. The van der Waals surface area contributed by atoms with Crippen molar-refractivity contribution in [1.82, 2.24) is 5.32 Å². The van der Waals surface area contributed by atoms with Gasteiger partial charge in [0.1, 0.15) is 5.60 Å². The van der Waals surface area contributed by atoms with Gasteiger partial charge in [-0.2, -0.15) is 0 Å². The molecule has 0 saturated carbocycles. The average Bonchev–Trinajstić information content (AvgIpc) is 2.12. The monoisotopic (exact) mass is 157 g/mol. The van der Waals surface area contributed by atoms with E-state index in [2.05, 4.69) is 5.32 Å². The highest BCUT2D eigenvalue weighted by Gasteiger charge is 2.49. The van der Waals surface area contributed by atoms with Gasteiger partial charge in [-0.15, -0.1) is 0 Å². The highest BCUT2D eigenvalue weighted by molar-refractivity contribution is 5.87. The second-order valence-corrected chi connectivity index (χ2v) is 4.12. The van der Waals surface area contributed by atoms with Gasteiger partial charge in [0.25, 0.3) is 5.91 Å². The Balaban J connectivity index is 2.90. The molecule has 1 aliphatic rings. The fourth-order valence-electron chi connectivity index (χ4n) is 1.33. The Bertz CT molecular complexity index is 183. The van der Waals surface area contributed by atoms with Crippen LogP contribution >= 0.6 is 0 Å². The lowest BCUT2D eigenvalue weighted by atomic mass is 9.75. The van der Waals surface area contributed by atoms with E-state index < -0.39 is 5.60 Å². The van der Waals surface area contributed by atoms with E-state index in [1.54, 1.807) is 0 Å². The predicted octanol–water partition coefficient (Wildman–Crippen LogP) is 0.283. The van der Waals surface area contributed by atoms with Gasteiger partial charge < -0.3 is 10.4 Å². The lowest BCUT2D eigenvalue weighted by Crippen LogP contribution is -2.48. The number of rotatable bonds is 0. The summed E-state index contributed by atoms with van der Waals surface area (Å²) in [6.45, 7) is 6.21. The Labute approximate surface area is 66.8 Å². The summed E-state index contributed by atoms with van der Waals surface area (Å²) in [5, 5.41) is 12.5. The van der Waals surface area contributed by atoms with Gasteiger partial charge in [0, 0.05) is 13.0 Å². The summed E-state index contributed by atoms with van der Waals surface area (Å²) >= 11 is 0. The van der Waals surface area contributed by atoms with Crippen LogP contribution in [-0.4, -0.2) is 23.2 Å². The van der Waals surface area contributed by atoms with Gasteiger partial charge in [-0.3, -0.25) is 4.79 Å². The van der Waals surface area contributed by atoms with Crippen molar-refractivity contribution >= 4 is 5.91 Å². The number of nitrogens with one attached hydrogen (secondary N) is 1. The third-order valence-electron chi connectivity index (χ3n) is 2.39. The summed E-state index contributed by atoms with van der Waals surface area (Å²) in [7, 11) is 0. The third-order valence-corrected chi connectivity index (χ3v) is 2.39. The maximum Gasteiger partial charge on any atom is 0.252 e. The average molecular weight is 157 g/mol. The Kier molecular flexibility index (Phi) is 1.71. The van der Waals surface area contributed by atoms with E-state index in [4.69, 9.17) is 0 Å². The molecule has 1 aliphatic heterocycles. The van der Waals surface area contributed by atoms with E-state index >= 15 is 0 Å². The van der Waals surface area contributed by atoms with E-state index in [-0.39, 0.29) is 11.3 Å². The first-order valence-electron chi connectivity index (χ1n) is 3.88. The molecule has 1 atom stereocenters. The standard InChI is InChI=1S/C8H15NO2/c1-7(2,3)8(11)4-5-9-6(8)10/h11H,4-5H2,1-3H3,(H,9,10)/t8-/m1/s1. The zero-order chi connectivity index (χ0) is 8.70. The fraction of sp³-hybridized carbons (Fsp3) is 0.875. The first kappa shape index (κ1) is 8.53. The van der Waals surface area contributed by atoms with Gasteiger partial charge in [-0.25, -0.2) is 0 Å². The molecule has 0 bridgehead atoms. The second-order valence-electron chi connectivity index (χ2n) is 4.12. The molecule has 1 fully saturated rings. The Morgan fingerprint density at radius 2 is 2.09 bits per heavy atom. The number of amides is 1. The summed E-state index contributed by atoms with van der Waals surface area (Å²) < 4.78 is 0. The number of hydrogen-bond donors (Lipinski definition) is 2. The minimum absolute atomic E-state index is 0.231. The summed E-state index contributed by atoms with van der Waals surface area (Å²) in [5.41, 5.74) is -1.53. The van der Waals surface area contributed by atoms with Crippen LogP contribution in [0.2, 0.25) is 0 Å². The molecule has 3 nitrogen and oxygen atoms in total. The van der Waals surface area contributed by atoms with Crippen molar-refractivity contribution in [2.75, 3.05) is 6.54 Å². The normalized spacial score (nSPS) is 32.2. The molecule has 0 spiro atoms. The summed E-state index contributed by atoms with van der Waals surface area (Å²) in [6.07, 6.45) is 0.523. The highest BCUT2D eigenvalue weighted by atomic mass is 16.3. The quantitative estimate of drug-likeness (QED) is 0.530. The van der Waals surface area contributed by atoms with Crippen molar-refractivity contribution in [2.24, 2.45) is 5.41 Å². The van der Waals surface area contributed by atoms with E-state index in [1.165, 1.54) is 0 Å². The van der Waals surface area contributed by atoms with E-state index in [0.717, 1.165) is 0 Å². The molecule has 0 aromatic heterocycles. The third kappa shape index (κ3) is 1.13. The molecule has 1 amide bonds. The first-order valence-corrected chi connectivity index (χ1v) is 3.88. The Morgan fingerprint density at radius 3 is 2.27 bits per heavy atom. The van der Waals surface area contributed by atoms with Crippen molar-refractivity contribution in [1.29, 1.82) is 0 Å². The van der Waals surface area contributed by atoms with Gasteiger partial charge in [0.15, 0.2) is 0 Å². The first-order chi connectivity index (χ1) is 4.88. The molecule has 0 unspecified atom stereocenters. The van der Waals surface area contributed by atoms with Crippen molar-refractivity contribution in [2.45, 2.75) is 32.8 Å². The molecule has 3 heteroatoms. The number of hydrogen-bond acceptors (Lipinski definition) is 2. The lowest BCUT2D eigenvalue weighted by Gasteiger charge is -2.33. The molecule has 64 valence electrons. The van der Waals surface area contributed by atoms with Crippen LogP contribution in [0.3, 0.4) is 0 Å². The van der Waals surface area contributed by atoms with Crippen LogP contribution in [0.1, 0.15) is 27.2 Å². The van der Waals surface area contributed by atoms with Crippen LogP contribution in [0.15, 0.2) is 0 Å². The van der Waals surface area contributed by atoms with Crippen molar-refractivity contribution in [3.63, 3.8) is 0 Å². The van der Waals surface area contributed by atoms with Gasteiger partial charge in [0.2, 0.25) is 0 Å².